The van der Waals surface area contributed by atoms with Crippen LogP contribution in [0.2, 0.25) is 0 Å². The number of carbonyl (C=O) groups is 1. The van der Waals surface area contributed by atoms with Gasteiger partial charge in [-0.1, -0.05) is 17.4 Å². The molecular weight excluding hydrogens is 242 g/mol. The number of thiazole rings is 1. The smallest absolute Gasteiger partial charge is 0.226 e. The van der Waals surface area contributed by atoms with Crippen molar-refractivity contribution >= 4 is 39.5 Å². The summed E-state index contributed by atoms with van der Waals surface area (Å²) in [4.78, 5) is 18.0. The molecule has 2 aromatic heterocycles. The maximum absolute atomic E-state index is 11.6. The molecule has 1 aliphatic heterocycles. The first-order chi connectivity index (χ1) is 7.74. The zero-order valence-corrected chi connectivity index (χ0v) is 9.90. The molecule has 3 N–H and O–H groups in total. The monoisotopic (exact) mass is 251 g/mol. The average Bonchev–Trinajstić information content (AvgIpc) is 2.83. The van der Waals surface area contributed by atoms with Gasteiger partial charge < -0.3 is 11.1 Å². The summed E-state index contributed by atoms with van der Waals surface area (Å²) in [7, 11) is 0. The zero-order valence-electron chi connectivity index (χ0n) is 8.27. The fourth-order valence-corrected chi connectivity index (χ4v) is 3.67. The van der Waals surface area contributed by atoms with Crippen LogP contribution in [0.4, 0.5) is 10.9 Å². The Kier molecular flexibility index (Phi) is 2.19. The number of thiophene rings is 1. The van der Waals surface area contributed by atoms with Gasteiger partial charge in [-0.3, -0.25) is 4.79 Å². The van der Waals surface area contributed by atoms with Crippen molar-refractivity contribution in [1.29, 1.82) is 0 Å². The van der Waals surface area contributed by atoms with Gasteiger partial charge in [-0.25, -0.2) is 4.98 Å². The molecule has 0 aromatic carbocycles. The molecule has 0 radical (unpaired) electrons. The zero-order chi connectivity index (χ0) is 11.1. The Morgan fingerprint density at radius 3 is 3.19 bits per heavy atom. The van der Waals surface area contributed by atoms with E-state index < -0.39 is 0 Å². The molecular formula is C10H9N3OS2. The Morgan fingerprint density at radius 1 is 1.56 bits per heavy atom. The maximum Gasteiger partial charge on any atom is 0.226 e. The molecule has 2 aromatic rings. The summed E-state index contributed by atoms with van der Waals surface area (Å²) in [5.41, 5.74) is 5.68. The lowest BCUT2D eigenvalue weighted by Gasteiger charge is -2.19. The van der Waals surface area contributed by atoms with Crippen molar-refractivity contribution < 1.29 is 4.79 Å². The van der Waals surface area contributed by atoms with E-state index >= 15 is 0 Å². The van der Waals surface area contributed by atoms with Gasteiger partial charge in [-0.15, -0.1) is 11.3 Å². The highest BCUT2D eigenvalue weighted by Crippen LogP contribution is 2.42. The standard InChI is InChI=1S/C10H9N3OS2/c11-10-13-9-8(16-10)5(4-7(14)12-9)6-2-1-3-15-6/h1-3,5H,4H2,(H2,11,13)(H,12,14)/t5-/m1/s1. The Balaban J connectivity index is 2.10. The van der Waals surface area contributed by atoms with E-state index in [0.717, 1.165) is 4.88 Å². The first-order valence-electron chi connectivity index (χ1n) is 4.83. The molecule has 3 heterocycles. The van der Waals surface area contributed by atoms with Gasteiger partial charge in [-0.2, -0.15) is 0 Å². The van der Waals surface area contributed by atoms with Gasteiger partial charge in [-0.05, 0) is 11.4 Å². The molecule has 16 heavy (non-hydrogen) atoms. The minimum atomic E-state index is 0.0104. The molecule has 1 aliphatic rings. The molecule has 3 rings (SSSR count). The normalized spacial score (nSPS) is 19.2. The minimum Gasteiger partial charge on any atom is -0.375 e. The van der Waals surface area contributed by atoms with E-state index in [9.17, 15) is 4.79 Å². The van der Waals surface area contributed by atoms with E-state index in [1.807, 2.05) is 17.5 Å². The number of hydrogen-bond donors (Lipinski definition) is 2. The topological polar surface area (TPSA) is 68.0 Å². The van der Waals surface area contributed by atoms with Crippen LogP contribution in [0.1, 0.15) is 22.1 Å². The molecule has 1 amide bonds. The first kappa shape index (κ1) is 9.80. The number of aromatic nitrogens is 1. The highest BCUT2D eigenvalue weighted by atomic mass is 32.1. The second kappa shape index (κ2) is 3.57. The predicted octanol–water partition coefficient (Wildman–Crippen LogP) is 2.26. The molecule has 0 saturated heterocycles. The van der Waals surface area contributed by atoms with Crippen LogP contribution in [0.25, 0.3) is 0 Å². The number of nitrogens with two attached hydrogens (primary N) is 1. The molecule has 0 fully saturated rings. The van der Waals surface area contributed by atoms with Gasteiger partial charge in [0.25, 0.3) is 0 Å². The molecule has 6 heteroatoms. The number of fused-ring (bicyclic) bond motifs is 1. The molecule has 1 atom stereocenters. The van der Waals surface area contributed by atoms with E-state index in [1.54, 1.807) is 11.3 Å². The number of nitrogens with one attached hydrogen (secondary N) is 1. The van der Waals surface area contributed by atoms with E-state index in [0.29, 0.717) is 17.4 Å². The lowest BCUT2D eigenvalue weighted by atomic mass is 9.98. The van der Waals surface area contributed by atoms with Crippen LogP contribution in [-0.4, -0.2) is 10.9 Å². The summed E-state index contributed by atoms with van der Waals surface area (Å²) < 4.78 is 0. The molecule has 0 saturated carbocycles. The van der Waals surface area contributed by atoms with E-state index in [-0.39, 0.29) is 11.8 Å². The third-order valence-corrected chi connectivity index (χ3v) is 4.50. The van der Waals surface area contributed by atoms with Gasteiger partial charge in [0.05, 0.1) is 4.88 Å². The largest absolute Gasteiger partial charge is 0.375 e. The van der Waals surface area contributed by atoms with Gasteiger partial charge in [0, 0.05) is 17.2 Å². The number of rotatable bonds is 1. The van der Waals surface area contributed by atoms with E-state index in [1.165, 1.54) is 16.2 Å². The molecule has 0 spiro atoms. The fraction of sp³-hybridized carbons (Fsp3) is 0.200. The summed E-state index contributed by atoms with van der Waals surface area (Å²) >= 11 is 3.12. The number of hydrogen-bond acceptors (Lipinski definition) is 5. The third kappa shape index (κ3) is 1.50. The molecule has 82 valence electrons. The second-order valence-electron chi connectivity index (χ2n) is 3.59. The average molecular weight is 251 g/mol. The highest BCUT2D eigenvalue weighted by Gasteiger charge is 2.30. The number of nitrogens with zero attached hydrogens (tertiary/aromatic N) is 1. The van der Waals surface area contributed by atoms with E-state index in [4.69, 9.17) is 5.73 Å². The van der Waals surface area contributed by atoms with Gasteiger partial charge >= 0.3 is 0 Å². The summed E-state index contributed by atoms with van der Waals surface area (Å²) in [6.07, 6.45) is 0.481. The lowest BCUT2D eigenvalue weighted by Crippen LogP contribution is -2.22. The van der Waals surface area contributed by atoms with Crippen LogP contribution in [0, 0.1) is 0 Å². The fourth-order valence-electron chi connectivity index (χ4n) is 1.86. The Hall–Kier alpha value is -1.40. The first-order valence-corrected chi connectivity index (χ1v) is 6.53. The van der Waals surface area contributed by atoms with Crippen molar-refractivity contribution in [3.8, 4) is 0 Å². The van der Waals surface area contributed by atoms with Crippen LogP contribution in [-0.2, 0) is 4.79 Å². The summed E-state index contributed by atoms with van der Waals surface area (Å²) in [5, 5.41) is 5.29. The van der Waals surface area contributed by atoms with Crippen LogP contribution in [0.3, 0.4) is 0 Å². The second-order valence-corrected chi connectivity index (χ2v) is 5.63. The van der Waals surface area contributed by atoms with Gasteiger partial charge in [0.2, 0.25) is 5.91 Å². The van der Waals surface area contributed by atoms with Crippen molar-refractivity contribution in [1.82, 2.24) is 4.98 Å². The van der Waals surface area contributed by atoms with E-state index in [2.05, 4.69) is 10.3 Å². The Bertz CT molecular complexity index is 532. The van der Waals surface area contributed by atoms with Crippen molar-refractivity contribution in [3.05, 3.63) is 27.3 Å². The Morgan fingerprint density at radius 2 is 2.44 bits per heavy atom. The van der Waals surface area contributed by atoms with Gasteiger partial charge in [0.1, 0.15) is 5.82 Å². The van der Waals surface area contributed by atoms with Gasteiger partial charge in [0.15, 0.2) is 5.13 Å². The summed E-state index contributed by atoms with van der Waals surface area (Å²) in [6.45, 7) is 0. The molecule has 4 nitrogen and oxygen atoms in total. The summed E-state index contributed by atoms with van der Waals surface area (Å²) in [6, 6.07) is 4.05. The van der Waals surface area contributed by atoms with Crippen LogP contribution in [0.5, 0.6) is 0 Å². The van der Waals surface area contributed by atoms with Crippen LogP contribution in [0.15, 0.2) is 17.5 Å². The number of amides is 1. The number of carbonyl (C=O) groups excluding carboxylic acids is 1. The minimum absolute atomic E-state index is 0.0104. The summed E-state index contributed by atoms with van der Waals surface area (Å²) in [5.74, 6) is 0.770. The quantitative estimate of drug-likeness (QED) is 0.817. The predicted molar refractivity (Wildman–Crippen MR) is 65.9 cm³/mol. The van der Waals surface area contributed by atoms with Crippen molar-refractivity contribution in [2.24, 2.45) is 0 Å². The molecule has 0 bridgehead atoms. The maximum atomic E-state index is 11.6. The molecule has 0 aliphatic carbocycles. The SMILES string of the molecule is Nc1nc2c(s1)[C@@H](c1cccs1)CC(=O)N2. The number of nitrogen functional groups attached to an aromatic ring is 1. The molecule has 0 unspecified atom stereocenters. The van der Waals surface area contributed by atoms with Crippen molar-refractivity contribution in [2.45, 2.75) is 12.3 Å². The number of anilines is 2. The highest BCUT2D eigenvalue weighted by molar-refractivity contribution is 7.16. The van der Waals surface area contributed by atoms with Crippen molar-refractivity contribution in [2.75, 3.05) is 11.1 Å². The third-order valence-electron chi connectivity index (χ3n) is 2.52. The van der Waals surface area contributed by atoms with Crippen molar-refractivity contribution in [3.63, 3.8) is 0 Å². The lowest BCUT2D eigenvalue weighted by molar-refractivity contribution is -0.116. The van der Waals surface area contributed by atoms with Crippen LogP contribution >= 0.6 is 22.7 Å². The van der Waals surface area contributed by atoms with Crippen LogP contribution < -0.4 is 11.1 Å². The Labute approximate surface area is 100 Å².